The van der Waals surface area contributed by atoms with Crippen LogP contribution in [0.5, 0.6) is 5.75 Å². The van der Waals surface area contributed by atoms with Gasteiger partial charge in [0.15, 0.2) is 0 Å². The molecule has 0 bridgehead atoms. The van der Waals surface area contributed by atoms with Gasteiger partial charge >= 0.3 is 7.08 Å². The van der Waals surface area contributed by atoms with Crippen LogP contribution in [-0.4, -0.2) is 6.61 Å². The molecule has 0 aromatic heterocycles. The predicted molar refractivity (Wildman–Crippen MR) is 68.4 cm³/mol. The highest BCUT2D eigenvalue weighted by Crippen LogP contribution is 2.47. The minimum atomic E-state index is -0.989. The predicted octanol–water partition coefficient (Wildman–Crippen LogP) is 4.67. The van der Waals surface area contributed by atoms with Gasteiger partial charge in [-0.2, -0.15) is 0 Å². The average Bonchev–Trinajstić information content (AvgIpc) is 2.15. The summed E-state index contributed by atoms with van der Waals surface area (Å²) in [5, 5.41) is 0. The number of hydrogen-bond donors (Lipinski definition) is 0. The molecule has 1 rings (SSSR count). The van der Waals surface area contributed by atoms with Crippen LogP contribution in [0.3, 0.4) is 0 Å². The van der Waals surface area contributed by atoms with E-state index in [1.165, 1.54) is 5.56 Å². The Morgan fingerprint density at radius 3 is 2.73 bits per heavy atom. The van der Waals surface area contributed by atoms with E-state index in [0.717, 1.165) is 5.75 Å². The Morgan fingerprint density at radius 2 is 2.13 bits per heavy atom. The van der Waals surface area contributed by atoms with Crippen molar-refractivity contribution in [2.45, 2.75) is 20.8 Å². The Hall–Kier alpha value is -0.110. The Kier molecular flexibility index (Phi) is 5.59. The molecule has 0 spiro atoms. The summed E-state index contributed by atoms with van der Waals surface area (Å²) in [4.78, 5) is 0. The van der Waals surface area contributed by atoms with Gasteiger partial charge in [0.25, 0.3) is 0 Å². The molecule has 0 N–H and O–H groups in total. The first-order valence-electron chi connectivity index (χ1n) is 4.91. The van der Waals surface area contributed by atoms with Gasteiger partial charge in [-0.3, -0.25) is 0 Å². The van der Waals surface area contributed by atoms with E-state index in [2.05, 4.69) is 29.3 Å². The normalized spacial score (nSPS) is 12.9. The first kappa shape index (κ1) is 13.0. The summed E-state index contributed by atoms with van der Waals surface area (Å²) in [6.07, 6.45) is 0. The highest BCUT2D eigenvalue weighted by molar-refractivity contribution is 9.38. The fraction of sp³-hybridized carbons (Fsp3) is 0.455. The van der Waals surface area contributed by atoms with E-state index in [-0.39, 0.29) is 0 Å². The summed E-state index contributed by atoms with van der Waals surface area (Å²) in [6.45, 7) is 6.98. The minimum Gasteiger partial charge on any atom is -0.439 e. The lowest BCUT2D eigenvalue weighted by atomic mass is 10.2. The second-order valence-electron chi connectivity index (χ2n) is 3.81. The second kappa shape index (κ2) is 6.47. The van der Waals surface area contributed by atoms with Crippen molar-refractivity contribution in [1.82, 2.24) is 0 Å². The molecule has 1 aromatic carbocycles. The molecular weight excluding hydrogens is 275 g/mol. The molecule has 84 valence electrons. The molecule has 0 aliphatic rings. The van der Waals surface area contributed by atoms with E-state index >= 15 is 0 Å². The summed E-state index contributed by atoms with van der Waals surface area (Å²) in [7, 11) is -0.989. The maximum atomic E-state index is 5.60. The summed E-state index contributed by atoms with van der Waals surface area (Å²) >= 11 is 3.39. The third-order valence-corrected chi connectivity index (χ3v) is 3.43. The topological polar surface area (TPSA) is 18.5 Å². The van der Waals surface area contributed by atoms with E-state index in [0.29, 0.717) is 12.5 Å². The largest absolute Gasteiger partial charge is 0.439 e. The van der Waals surface area contributed by atoms with Crippen molar-refractivity contribution in [3.8, 4) is 5.75 Å². The van der Waals surface area contributed by atoms with E-state index in [1.807, 2.05) is 31.2 Å². The zero-order valence-corrected chi connectivity index (χ0v) is 11.7. The molecule has 15 heavy (non-hydrogen) atoms. The van der Waals surface area contributed by atoms with Crippen LogP contribution in [0.1, 0.15) is 19.4 Å². The fourth-order valence-corrected chi connectivity index (χ4v) is 2.59. The van der Waals surface area contributed by atoms with Crippen molar-refractivity contribution in [3.05, 3.63) is 29.8 Å². The zero-order chi connectivity index (χ0) is 11.3. The molecular formula is C11H16BrO2P. The van der Waals surface area contributed by atoms with Crippen LogP contribution < -0.4 is 4.52 Å². The summed E-state index contributed by atoms with van der Waals surface area (Å²) in [5.74, 6) is 1.37. The number of rotatable bonds is 5. The third kappa shape index (κ3) is 5.50. The standard InChI is InChI=1S/C11H16BrO2P/c1-9(2)8-13-15(12)14-11-6-4-5-10(3)7-11/h4-7,9H,8H2,1-3H3. The molecule has 0 amide bonds. The Labute approximate surface area is 101 Å². The molecule has 1 aromatic rings. The maximum absolute atomic E-state index is 5.60. The fourth-order valence-electron chi connectivity index (χ4n) is 0.989. The van der Waals surface area contributed by atoms with Crippen LogP contribution in [0.15, 0.2) is 24.3 Å². The van der Waals surface area contributed by atoms with Gasteiger partial charge in [0.05, 0.1) is 6.61 Å². The number of aryl methyl sites for hydroxylation is 1. The van der Waals surface area contributed by atoms with Crippen LogP contribution in [0, 0.1) is 12.8 Å². The number of hydrogen-bond acceptors (Lipinski definition) is 2. The first-order chi connectivity index (χ1) is 7.08. The highest BCUT2D eigenvalue weighted by Gasteiger charge is 2.08. The molecule has 0 fully saturated rings. The molecule has 0 saturated carbocycles. The van der Waals surface area contributed by atoms with Crippen LogP contribution in [0.4, 0.5) is 0 Å². The Morgan fingerprint density at radius 1 is 1.40 bits per heavy atom. The van der Waals surface area contributed by atoms with Crippen molar-refractivity contribution in [2.75, 3.05) is 6.61 Å². The second-order valence-corrected chi connectivity index (χ2v) is 6.41. The number of halogens is 1. The van der Waals surface area contributed by atoms with Gasteiger partial charge in [0.1, 0.15) is 5.75 Å². The van der Waals surface area contributed by atoms with Crippen LogP contribution in [0.25, 0.3) is 0 Å². The van der Waals surface area contributed by atoms with Crippen molar-refractivity contribution in [3.63, 3.8) is 0 Å². The quantitative estimate of drug-likeness (QED) is 0.734. The average molecular weight is 291 g/mol. The molecule has 1 unspecified atom stereocenters. The van der Waals surface area contributed by atoms with Gasteiger partial charge < -0.3 is 9.05 Å². The molecule has 0 saturated heterocycles. The lowest BCUT2D eigenvalue weighted by Crippen LogP contribution is -1.98. The monoisotopic (exact) mass is 290 g/mol. The van der Waals surface area contributed by atoms with Crippen LogP contribution in [0.2, 0.25) is 0 Å². The highest BCUT2D eigenvalue weighted by atomic mass is 79.9. The maximum Gasteiger partial charge on any atom is 0.307 e. The van der Waals surface area contributed by atoms with Crippen LogP contribution in [-0.2, 0) is 4.52 Å². The zero-order valence-electron chi connectivity index (χ0n) is 9.24. The smallest absolute Gasteiger partial charge is 0.307 e. The lowest BCUT2D eigenvalue weighted by Gasteiger charge is -2.13. The number of benzene rings is 1. The van der Waals surface area contributed by atoms with E-state index in [1.54, 1.807) is 0 Å². The molecule has 0 aliphatic heterocycles. The van der Waals surface area contributed by atoms with Gasteiger partial charge in [-0.1, -0.05) is 26.0 Å². The molecule has 1 atom stereocenters. The minimum absolute atomic E-state index is 0.522. The first-order valence-corrected chi connectivity index (χ1v) is 8.11. The molecule has 0 aliphatic carbocycles. The Balaban J connectivity index is 2.40. The van der Waals surface area contributed by atoms with E-state index < -0.39 is 7.08 Å². The SMILES string of the molecule is Cc1cccc(OP(Br)OCC(C)C)c1. The van der Waals surface area contributed by atoms with Gasteiger partial charge in [-0.25, -0.2) is 0 Å². The van der Waals surface area contributed by atoms with Crippen molar-refractivity contribution in [2.24, 2.45) is 5.92 Å². The van der Waals surface area contributed by atoms with Crippen molar-refractivity contribution < 1.29 is 9.05 Å². The van der Waals surface area contributed by atoms with Gasteiger partial charge in [0.2, 0.25) is 0 Å². The van der Waals surface area contributed by atoms with E-state index in [4.69, 9.17) is 9.05 Å². The summed E-state index contributed by atoms with van der Waals surface area (Å²) in [5.41, 5.74) is 1.19. The van der Waals surface area contributed by atoms with Gasteiger partial charge in [-0.15, -0.1) is 0 Å². The van der Waals surface area contributed by atoms with Crippen molar-refractivity contribution in [1.29, 1.82) is 0 Å². The Bertz CT molecular complexity index is 304. The molecule has 4 heteroatoms. The lowest BCUT2D eigenvalue weighted by molar-refractivity contribution is 0.280. The molecule has 0 heterocycles. The summed E-state index contributed by atoms with van der Waals surface area (Å²) < 4.78 is 11.1. The molecule has 2 nitrogen and oxygen atoms in total. The third-order valence-electron chi connectivity index (χ3n) is 1.68. The van der Waals surface area contributed by atoms with Gasteiger partial charge in [-0.05, 0) is 30.5 Å². The van der Waals surface area contributed by atoms with Gasteiger partial charge in [0, 0.05) is 15.5 Å². The van der Waals surface area contributed by atoms with Crippen LogP contribution >= 0.6 is 22.6 Å². The van der Waals surface area contributed by atoms with E-state index in [9.17, 15) is 0 Å². The molecule has 0 radical (unpaired) electrons. The van der Waals surface area contributed by atoms with Crippen molar-refractivity contribution >= 4 is 22.6 Å². The summed E-state index contributed by atoms with van der Waals surface area (Å²) in [6, 6.07) is 7.94.